The molecular formula is C20H27NO. The van der Waals surface area contributed by atoms with Gasteiger partial charge in [0.2, 0.25) is 0 Å². The molecule has 0 aromatic heterocycles. The van der Waals surface area contributed by atoms with Gasteiger partial charge in [-0.1, -0.05) is 52.0 Å². The Balaban J connectivity index is 1.67. The molecule has 1 saturated carbocycles. The molecule has 0 bridgehead atoms. The summed E-state index contributed by atoms with van der Waals surface area (Å²) in [5.41, 5.74) is 1.97. The highest BCUT2D eigenvalue weighted by Gasteiger charge is 2.46. The van der Waals surface area contributed by atoms with E-state index in [0.29, 0.717) is 18.1 Å². The lowest BCUT2D eigenvalue weighted by Crippen LogP contribution is -2.27. The summed E-state index contributed by atoms with van der Waals surface area (Å²) in [4.78, 5) is 0. The van der Waals surface area contributed by atoms with E-state index >= 15 is 0 Å². The van der Waals surface area contributed by atoms with Crippen LogP contribution in [0.3, 0.4) is 0 Å². The van der Waals surface area contributed by atoms with Gasteiger partial charge in [-0.15, -0.1) is 0 Å². The average molecular weight is 297 g/mol. The SMILES string of the molecule is CC(C)NCCOc1ccc2cc(C3CC3(C)C)ccc2c1. The largest absolute Gasteiger partial charge is 0.492 e. The maximum atomic E-state index is 5.83. The highest BCUT2D eigenvalue weighted by Crippen LogP contribution is 2.58. The molecule has 2 aromatic rings. The molecule has 118 valence electrons. The minimum absolute atomic E-state index is 0.486. The summed E-state index contributed by atoms with van der Waals surface area (Å²) in [5, 5.41) is 5.94. The maximum Gasteiger partial charge on any atom is 0.120 e. The van der Waals surface area contributed by atoms with Gasteiger partial charge in [0.25, 0.3) is 0 Å². The quantitative estimate of drug-likeness (QED) is 0.778. The van der Waals surface area contributed by atoms with Gasteiger partial charge in [-0.25, -0.2) is 0 Å². The fraction of sp³-hybridized carbons (Fsp3) is 0.500. The third-order valence-corrected chi connectivity index (χ3v) is 4.67. The molecule has 22 heavy (non-hydrogen) atoms. The molecule has 2 nitrogen and oxygen atoms in total. The van der Waals surface area contributed by atoms with Gasteiger partial charge in [-0.05, 0) is 46.2 Å². The Kier molecular flexibility index (Phi) is 4.14. The van der Waals surface area contributed by atoms with Crippen molar-refractivity contribution in [2.24, 2.45) is 5.41 Å². The van der Waals surface area contributed by atoms with Gasteiger partial charge in [0, 0.05) is 12.6 Å². The zero-order valence-electron chi connectivity index (χ0n) is 14.1. The predicted octanol–water partition coefficient (Wildman–Crippen LogP) is 4.73. The molecule has 1 unspecified atom stereocenters. The van der Waals surface area contributed by atoms with Crippen LogP contribution in [-0.4, -0.2) is 19.2 Å². The Bertz CT molecular complexity index is 660. The van der Waals surface area contributed by atoms with Crippen LogP contribution in [0.4, 0.5) is 0 Å². The molecular weight excluding hydrogens is 270 g/mol. The van der Waals surface area contributed by atoms with Crippen molar-refractivity contribution in [1.82, 2.24) is 5.32 Å². The molecule has 3 rings (SSSR count). The summed E-state index contributed by atoms with van der Waals surface area (Å²) in [6, 6.07) is 13.8. The third-order valence-electron chi connectivity index (χ3n) is 4.67. The fourth-order valence-electron chi connectivity index (χ4n) is 3.10. The zero-order chi connectivity index (χ0) is 15.7. The molecule has 0 heterocycles. The molecule has 0 aliphatic heterocycles. The minimum Gasteiger partial charge on any atom is -0.492 e. The first-order valence-electron chi connectivity index (χ1n) is 8.35. The van der Waals surface area contributed by atoms with E-state index in [2.05, 4.69) is 69.4 Å². The lowest BCUT2D eigenvalue weighted by atomic mass is 10.00. The molecule has 0 radical (unpaired) electrons. The molecule has 1 aliphatic rings. The average Bonchev–Trinajstić information content (AvgIpc) is 3.11. The van der Waals surface area contributed by atoms with Crippen LogP contribution in [0, 0.1) is 5.41 Å². The first-order chi connectivity index (χ1) is 10.5. The van der Waals surface area contributed by atoms with E-state index in [9.17, 15) is 0 Å². The van der Waals surface area contributed by atoms with Gasteiger partial charge in [0.15, 0.2) is 0 Å². The highest BCUT2D eigenvalue weighted by atomic mass is 16.5. The maximum absolute atomic E-state index is 5.83. The van der Waals surface area contributed by atoms with E-state index < -0.39 is 0 Å². The summed E-state index contributed by atoms with van der Waals surface area (Å²) >= 11 is 0. The van der Waals surface area contributed by atoms with Crippen molar-refractivity contribution in [2.45, 2.75) is 46.1 Å². The predicted molar refractivity (Wildman–Crippen MR) is 93.7 cm³/mol. The lowest BCUT2D eigenvalue weighted by molar-refractivity contribution is 0.309. The van der Waals surface area contributed by atoms with Gasteiger partial charge in [-0.2, -0.15) is 0 Å². The Morgan fingerprint density at radius 2 is 1.82 bits per heavy atom. The van der Waals surface area contributed by atoms with Crippen molar-refractivity contribution in [2.75, 3.05) is 13.2 Å². The smallest absolute Gasteiger partial charge is 0.120 e. The first-order valence-corrected chi connectivity index (χ1v) is 8.35. The highest BCUT2D eigenvalue weighted by molar-refractivity contribution is 5.84. The zero-order valence-corrected chi connectivity index (χ0v) is 14.1. The van der Waals surface area contributed by atoms with E-state index in [4.69, 9.17) is 4.74 Å². The van der Waals surface area contributed by atoms with Crippen LogP contribution in [0.5, 0.6) is 5.75 Å². The number of hydrogen-bond donors (Lipinski definition) is 1. The Labute approximate surface area is 133 Å². The van der Waals surface area contributed by atoms with E-state index in [1.807, 2.05) is 0 Å². The van der Waals surface area contributed by atoms with E-state index in [-0.39, 0.29) is 0 Å². The number of fused-ring (bicyclic) bond motifs is 1. The molecule has 0 saturated heterocycles. The van der Waals surface area contributed by atoms with Gasteiger partial charge < -0.3 is 10.1 Å². The van der Waals surface area contributed by atoms with Crippen molar-refractivity contribution < 1.29 is 4.74 Å². The lowest BCUT2D eigenvalue weighted by Gasteiger charge is -2.11. The molecule has 1 fully saturated rings. The molecule has 1 aliphatic carbocycles. The van der Waals surface area contributed by atoms with Gasteiger partial charge in [0.05, 0.1) is 0 Å². The van der Waals surface area contributed by atoms with Crippen LogP contribution in [0.15, 0.2) is 36.4 Å². The number of nitrogens with one attached hydrogen (secondary N) is 1. The van der Waals surface area contributed by atoms with Crippen LogP contribution in [0.2, 0.25) is 0 Å². The summed E-state index contributed by atoms with van der Waals surface area (Å²) in [5.74, 6) is 1.69. The number of ether oxygens (including phenoxy) is 1. The second kappa shape index (κ2) is 5.92. The van der Waals surface area contributed by atoms with Crippen molar-refractivity contribution in [3.63, 3.8) is 0 Å². The van der Waals surface area contributed by atoms with Crippen molar-refractivity contribution in [3.8, 4) is 5.75 Å². The van der Waals surface area contributed by atoms with Crippen LogP contribution in [-0.2, 0) is 0 Å². The fourth-order valence-corrected chi connectivity index (χ4v) is 3.10. The molecule has 2 aromatic carbocycles. The summed E-state index contributed by atoms with van der Waals surface area (Å²) in [7, 11) is 0. The standard InChI is InChI=1S/C20H27NO/c1-14(2)21-9-10-22-18-8-7-15-11-17(6-5-16(15)12-18)19-13-20(19,3)4/h5-8,11-12,14,19,21H,9-10,13H2,1-4H3. The molecule has 2 heteroatoms. The van der Waals surface area contributed by atoms with Gasteiger partial charge >= 0.3 is 0 Å². The molecule has 1 N–H and O–H groups in total. The molecule has 1 atom stereocenters. The van der Waals surface area contributed by atoms with Crippen molar-refractivity contribution in [1.29, 1.82) is 0 Å². The van der Waals surface area contributed by atoms with Crippen molar-refractivity contribution >= 4 is 10.8 Å². The first kappa shape index (κ1) is 15.4. The van der Waals surface area contributed by atoms with Crippen LogP contribution in [0.1, 0.15) is 45.6 Å². The summed E-state index contributed by atoms with van der Waals surface area (Å²) in [6.45, 7) is 10.6. The Morgan fingerprint density at radius 1 is 1.14 bits per heavy atom. The monoisotopic (exact) mass is 297 g/mol. The van der Waals surface area contributed by atoms with Crippen LogP contribution < -0.4 is 10.1 Å². The third kappa shape index (κ3) is 3.44. The number of rotatable bonds is 6. The van der Waals surface area contributed by atoms with E-state index in [1.54, 1.807) is 0 Å². The second-order valence-electron chi connectivity index (χ2n) is 7.47. The van der Waals surface area contributed by atoms with E-state index in [1.165, 1.54) is 22.8 Å². The van der Waals surface area contributed by atoms with Gasteiger partial charge in [0.1, 0.15) is 12.4 Å². The minimum atomic E-state index is 0.486. The Hall–Kier alpha value is -1.54. The second-order valence-corrected chi connectivity index (χ2v) is 7.47. The summed E-state index contributed by atoms with van der Waals surface area (Å²) in [6.07, 6.45) is 1.31. The normalized spacial score (nSPS) is 19.6. The van der Waals surface area contributed by atoms with E-state index in [0.717, 1.165) is 18.2 Å². The molecule has 0 amide bonds. The Morgan fingerprint density at radius 3 is 2.50 bits per heavy atom. The summed E-state index contributed by atoms with van der Waals surface area (Å²) < 4.78 is 5.83. The number of benzene rings is 2. The number of hydrogen-bond acceptors (Lipinski definition) is 2. The van der Waals surface area contributed by atoms with Gasteiger partial charge in [-0.3, -0.25) is 0 Å². The topological polar surface area (TPSA) is 21.3 Å². The van der Waals surface area contributed by atoms with Crippen molar-refractivity contribution in [3.05, 3.63) is 42.0 Å². The molecule has 0 spiro atoms. The van der Waals surface area contributed by atoms with Crippen LogP contribution in [0.25, 0.3) is 10.8 Å². The van der Waals surface area contributed by atoms with Crippen LogP contribution >= 0.6 is 0 Å².